The van der Waals surface area contributed by atoms with Crippen LogP contribution in [0.15, 0.2) is 41.4 Å². The van der Waals surface area contributed by atoms with Gasteiger partial charge in [0.25, 0.3) is 5.91 Å². The number of aromatic nitrogens is 3. The van der Waals surface area contributed by atoms with E-state index in [1.54, 1.807) is 15.6 Å². The summed E-state index contributed by atoms with van der Waals surface area (Å²) in [5, 5.41) is 4.37. The van der Waals surface area contributed by atoms with Crippen LogP contribution in [0.3, 0.4) is 0 Å². The Balaban J connectivity index is 1.53. The van der Waals surface area contributed by atoms with Gasteiger partial charge in [-0.2, -0.15) is 9.40 Å². The predicted molar refractivity (Wildman–Crippen MR) is 108 cm³/mol. The van der Waals surface area contributed by atoms with E-state index in [2.05, 4.69) is 10.1 Å². The molecule has 1 saturated heterocycles. The van der Waals surface area contributed by atoms with E-state index in [4.69, 9.17) is 0 Å². The smallest absolute Gasteiger partial charge is 0.257 e. The maximum atomic E-state index is 13.2. The van der Waals surface area contributed by atoms with E-state index < -0.39 is 15.8 Å². The Hall–Kier alpha value is -2.85. The van der Waals surface area contributed by atoms with Crippen LogP contribution >= 0.6 is 0 Å². The Labute approximate surface area is 174 Å². The Morgan fingerprint density at radius 2 is 1.80 bits per heavy atom. The average molecular weight is 431 g/mol. The molecule has 0 aliphatic carbocycles. The van der Waals surface area contributed by atoms with E-state index in [-0.39, 0.29) is 30.4 Å². The molecule has 4 rings (SSSR count). The largest absolute Gasteiger partial charge is 0.337 e. The summed E-state index contributed by atoms with van der Waals surface area (Å²) in [6.07, 6.45) is 2.05. The number of carbonyl (C=O) groups is 1. The molecule has 1 aliphatic rings. The first-order chi connectivity index (χ1) is 14.3. The van der Waals surface area contributed by atoms with Crippen molar-refractivity contribution in [1.29, 1.82) is 0 Å². The molecule has 0 bridgehead atoms. The first kappa shape index (κ1) is 20.4. The van der Waals surface area contributed by atoms with E-state index in [1.807, 2.05) is 19.9 Å². The van der Waals surface area contributed by atoms with Crippen molar-refractivity contribution in [1.82, 2.24) is 23.8 Å². The molecule has 2 aromatic heterocycles. The SMILES string of the molecule is Cc1cc2ncc(C(=O)N3CCCN(S(=O)(=O)c4ccc(F)cc4)CC3)c(C)n2n1. The van der Waals surface area contributed by atoms with Crippen molar-refractivity contribution in [2.45, 2.75) is 25.2 Å². The predicted octanol–water partition coefficient (Wildman–Crippen LogP) is 2.02. The molecule has 158 valence electrons. The fourth-order valence-electron chi connectivity index (χ4n) is 3.64. The second kappa shape index (κ2) is 7.77. The highest BCUT2D eigenvalue weighted by atomic mass is 32.2. The summed E-state index contributed by atoms with van der Waals surface area (Å²) in [7, 11) is -3.75. The lowest BCUT2D eigenvalue weighted by Gasteiger charge is -2.22. The lowest BCUT2D eigenvalue weighted by molar-refractivity contribution is 0.0762. The number of benzene rings is 1. The van der Waals surface area contributed by atoms with Gasteiger partial charge >= 0.3 is 0 Å². The van der Waals surface area contributed by atoms with Gasteiger partial charge in [-0.05, 0) is 44.5 Å². The van der Waals surface area contributed by atoms with Crippen molar-refractivity contribution in [3.8, 4) is 0 Å². The van der Waals surface area contributed by atoms with Crippen LogP contribution in [0, 0.1) is 19.7 Å². The van der Waals surface area contributed by atoms with E-state index in [0.717, 1.165) is 17.8 Å². The summed E-state index contributed by atoms with van der Waals surface area (Å²) in [4.78, 5) is 19.1. The third kappa shape index (κ3) is 3.68. The van der Waals surface area contributed by atoms with E-state index in [1.165, 1.54) is 16.4 Å². The van der Waals surface area contributed by atoms with Crippen LogP contribution < -0.4 is 0 Å². The number of hydrogen-bond donors (Lipinski definition) is 0. The number of carbonyl (C=O) groups excluding carboxylic acids is 1. The molecule has 1 aliphatic heterocycles. The fourth-order valence-corrected chi connectivity index (χ4v) is 5.11. The third-order valence-corrected chi connectivity index (χ3v) is 7.18. The maximum absolute atomic E-state index is 13.2. The lowest BCUT2D eigenvalue weighted by atomic mass is 10.2. The summed E-state index contributed by atoms with van der Waals surface area (Å²) in [6.45, 7) is 4.83. The van der Waals surface area contributed by atoms with Crippen molar-refractivity contribution in [2.75, 3.05) is 26.2 Å². The van der Waals surface area contributed by atoms with Crippen molar-refractivity contribution >= 4 is 21.6 Å². The molecule has 0 radical (unpaired) electrons. The highest BCUT2D eigenvalue weighted by Crippen LogP contribution is 2.20. The topological polar surface area (TPSA) is 87.9 Å². The number of rotatable bonds is 3. The molecular weight excluding hydrogens is 409 g/mol. The van der Waals surface area contributed by atoms with Crippen LogP contribution in [-0.2, 0) is 10.0 Å². The van der Waals surface area contributed by atoms with Gasteiger partial charge in [0, 0.05) is 38.4 Å². The minimum atomic E-state index is -3.75. The average Bonchev–Trinajstić information content (AvgIpc) is 2.93. The molecule has 10 heteroatoms. The number of hydrogen-bond acceptors (Lipinski definition) is 5. The lowest BCUT2D eigenvalue weighted by Crippen LogP contribution is -2.37. The van der Waals surface area contributed by atoms with E-state index in [0.29, 0.717) is 29.9 Å². The molecule has 0 saturated carbocycles. The Kier molecular flexibility index (Phi) is 5.29. The van der Waals surface area contributed by atoms with Crippen molar-refractivity contribution in [3.63, 3.8) is 0 Å². The minimum absolute atomic E-state index is 0.0447. The van der Waals surface area contributed by atoms with Crippen molar-refractivity contribution < 1.29 is 17.6 Å². The van der Waals surface area contributed by atoms with Gasteiger partial charge in [-0.1, -0.05) is 0 Å². The monoisotopic (exact) mass is 431 g/mol. The van der Waals surface area contributed by atoms with Crippen LogP contribution in [0.5, 0.6) is 0 Å². The maximum Gasteiger partial charge on any atom is 0.257 e. The molecule has 0 unspecified atom stereocenters. The molecule has 0 N–H and O–H groups in total. The molecule has 1 amide bonds. The summed E-state index contributed by atoms with van der Waals surface area (Å²) in [6, 6.07) is 6.61. The van der Waals surface area contributed by atoms with Crippen LogP contribution in [0.25, 0.3) is 5.65 Å². The Morgan fingerprint density at radius 3 is 2.53 bits per heavy atom. The van der Waals surface area contributed by atoms with E-state index in [9.17, 15) is 17.6 Å². The van der Waals surface area contributed by atoms with Crippen molar-refractivity contribution in [3.05, 3.63) is 59.3 Å². The molecule has 0 spiro atoms. The molecule has 1 aromatic carbocycles. The number of halogens is 1. The zero-order chi connectivity index (χ0) is 21.5. The zero-order valence-electron chi connectivity index (χ0n) is 16.7. The molecule has 30 heavy (non-hydrogen) atoms. The molecule has 3 heterocycles. The van der Waals surface area contributed by atoms with Gasteiger partial charge in [-0.25, -0.2) is 22.3 Å². The second-order valence-electron chi connectivity index (χ2n) is 7.32. The normalized spacial score (nSPS) is 16.0. The molecular formula is C20H22FN5O3S. The molecule has 3 aromatic rings. The molecule has 0 atom stereocenters. The van der Waals surface area contributed by atoms with Crippen molar-refractivity contribution in [2.24, 2.45) is 0 Å². The number of nitrogens with zero attached hydrogens (tertiary/aromatic N) is 5. The van der Waals surface area contributed by atoms with Crippen LogP contribution in [0.2, 0.25) is 0 Å². The van der Waals surface area contributed by atoms with Crippen LogP contribution in [-0.4, -0.2) is 64.3 Å². The zero-order valence-corrected chi connectivity index (χ0v) is 17.6. The summed E-state index contributed by atoms with van der Waals surface area (Å²) in [5.41, 5.74) is 2.62. The first-order valence-corrected chi connectivity index (χ1v) is 11.1. The number of amides is 1. The second-order valence-corrected chi connectivity index (χ2v) is 9.25. The van der Waals surface area contributed by atoms with Crippen LogP contribution in [0.4, 0.5) is 4.39 Å². The van der Waals surface area contributed by atoms with Gasteiger partial charge in [0.2, 0.25) is 10.0 Å². The number of aryl methyl sites for hydroxylation is 2. The number of fused-ring (bicyclic) bond motifs is 1. The van der Waals surface area contributed by atoms with E-state index >= 15 is 0 Å². The van der Waals surface area contributed by atoms with Gasteiger partial charge in [-0.15, -0.1) is 0 Å². The third-order valence-electron chi connectivity index (χ3n) is 5.27. The minimum Gasteiger partial charge on any atom is -0.337 e. The van der Waals surface area contributed by atoms with Crippen LogP contribution in [0.1, 0.15) is 28.2 Å². The number of sulfonamides is 1. The highest BCUT2D eigenvalue weighted by Gasteiger charge is 2.29. The standard InChI is InChI=1S/C20H22FN5O3S/c1-14-12-19-22-13-18(15(2)26(19)23-14)20(27)24-8-3-9-25(11-10-24)30(28,29)17-6-4-16(21)5-7-17/h4-7,12-13H,3,8-11H2,1-2H3. The molecule has 1 fully saturated rings. The Bertz CT molecular complexity index is 1210. The van der Waals surface area contributed by atoms with Gasteiger partial charge in [0.15, 0.2) is 5.65 Å². The quantitative estimate of drug-likeness (QED) is 0.633. The Morgan fingerprint density at radius 1 is 1.07 bits per heavy atom. The van der Waals surface area contributed by atoms with Gasteiger partial charge < -0.3 is 4.90 Å². The summed E-state index contributed by atoms with van der Waals surface area (Å²) in [5.74, 6) is -0.689. The van der Waals surface area contributed by atoms with Gasteiger partial charge in [-0.3, -0.25) is 4.79 Å². The fraction of sp³-hybridized carbons (Fsp3) is 0.350. The highest BCUT2D eigenvalue weighted by molar-refractivity contribution is 7.89. The van der Waals surface area contributed by atoms with Gasteiger partial charge in [0.05, 0.1) is 21.8 Å². The molecule has 8 nitrogen and oxygen atoms in total. The summed E-state index contributed by atoms with van der Waals surface area (Å²) < 4.78 is 41.9. The summed E-state index contributed by atoms with van der Waals surface area (Å²) >= 11 is 0. The first-order valence-electron chi connectivity index (χ1n) is 9.64. The van der Waals surface area contributed by atoms with Gasteiger partial charge in [0.1, 0.15) is 5.82 Å².